The Hall–Kier alpha value is -1.99. The Kier molecular flexibility index (Phi) is 8.67. The van der Waals surface area contributed by atoms with Gasteiger partial charge >= 0.3 is 0 Å². The highest BCUT2D eigenvalue weighted by Gasteiger charge is 2.26. The Morgan fingerprint density at radius 1 is 1.22 bits per heavy atom. The fourth-order valence-electron chi connectivity index (χ4n) is 3.10. The van der Waals surface area contributed by atoms with E-state index in [-0.39, 0.29) is 36.8 Å². The Balaban J connectivity index is 1.91. The van der Waals surface area contributed by atoms with Crippen LogP contribution in [0.1, 0.15) is 38.4 Å². The Morgan fingerprint density at radius 2 is 1.96 bits per heavy atom. The first kappa shape index (κ1) is 21.3. The number of carbonyl (C=O) groups excluding carboxylic acids is 2. The first-order valence-electron chi connectivity index (χ1n) is 9.67. The number of benzene rings is 1. The van der Waals surface area contributed by atoms with Gasteiger partial charge in [-0.05, 0) is 37.1 Å². The van der Waals surface area contributed by atoms with Gasteiger partial charge in [-0.25, -0.2) is 4.39 Å². The summed E-state index contributed by atoms with van der Waals surface area (Å²) < 4.78 is 18.9. The van der Waals surface area contributed by atoms with E-state index in [0.717, 1.165) is 18.4 Å². The highest BCUT2D eigenvalue weighted by Crippen LogP contribution is 2.22. The molecule has 0 spiro atoms. The van der Waals surface area contributed by atoms with Crippen molar-refractivity contribution in [1.29, 1.82) is 0 Å². The van der Waals surface area contributed by atoms with E-state index in [1.165, 1.54) is 12.1 Å². The fourth-order valence-corrected chi connectivity index (χ4v) is 3.10. The van der Waals surface area contributed by atoms with E-state index in [1.54, 1.807) is 17.0 Å². The molecule has 1 heterocycles. The van der Waals surface area contributed by atoms with Crippen molar-refractivity contribution in [1.82, 2.24) is 15.1 Å². The lowest BCUT2D eigenvalue weighted by molar-refractivity contribution is -0.140. The maximum absolute atomic E-state index is 13.1. The minimum absolute atomic E-state index is 0.0119. The van der Waals surface area contributed by atoms with Crippen molar-refractivity contribution in [2.75, 3.05) is 45.9 Å². The fraction of sp³-hybridized carbons (Fsp3) is 0.600. The van der Waals surface area contributed by atoms with Crippen molar-refractivity contribution < 1.29 is 18.7 Å². The summed E-state index contributed by atoms with van der Waals surface area (Å²) in [5.74, 6) is -0.356. The normalized spacial score (nSPS) is 17.2. The molecule has 1 fully saturated rings. The molecule has 6 nitrogen and oxygen atoms in total. The van der Waals surface area contributed by atoms with Gasteiger partial charge in [-0.2, -0.15) is 0 Å². The number of morpholine rings is 1. The second kappa shape index (κ2) is 11.0. The quantitative estimate of drug-likeness (QED) is 0.713. The van der Waals surface area contributed by atoms with Gasteiger partial charge in [0.2, 0.25) is 11.8 Å². The maximum atomic E-state index is 13.1. The lowest BCUT2D eigenvalue weighted by atomic mass is 10.1. The molecule has 0 bridgehead atoms. The molecule has 7 heteroatoms. The first-order chi connectivity index (χ1) is 13.0. The van der Waals surface area contributed by atoms with Crippen molar-refractivity contribution in [2.24, 2.45) is 0 Å². The third-order valence-electron chi connectivity index (χ3n) is 4.50. The summed E-state index contributed by atoms with van der Waals surface area (Å²) >= 11 is 0. The molecular weight excluding hydrogens is 349 g/mol. The summed E-state index contributed by atoms with van der Waals surface area (Å²) in [6.07, 6.45) is 1.50. The number of hydrogen-bond donors (Lipinski definition) is 1. The van der Waals surface area contributed by atoms with Gasteiger partial charge in [0.25, 0.3) is 0 Å². The van der Waals surface area contributed by atoms with Crippen molar-refractivity contribution in [3.8, 4) is 0 Å². The van der Waals surface area contributed by atoms with Crippen molar-refractivity contribution in [3.05, 3.63) is 35.6 Å². The number of nitrogens with zero attached hydrogens (tertiary/aromatic N) is 2. The van der Waals surface area contributed by atoms with E-state index < -0.39 is 0 Å². The van der Waals surface area contributed by atoms with E-state index in [2.05, 4.69) is 5.32 Å². The second-order valence-corrected chi connectivity index (χ2v) is 6.81. The van der Waals surface area contributed by atoms with Crippen LogP contribution >= 0.6 is 0 Å². The average Bonchev–Trinajstić information content (AvgIpc) is 2.67. The molecule has 0 saturated carbocycles. The van der Waals surface area contributed by atoms with Gasteiger partial charge in [0.1, 0.15) is 11.9 Å². The molecule has 0 aromatic heterocycles. The zero-order valence-electron chi connectivity index (χ0n) is 16.2. The number of nitrogens with one attached hydrogen (secondary N) is 1. The van der Waals surface area contributed by atoms with Gasteiger partial charge < -0.3 is 15.0 Å². The van der Waals surface area contributed by atoms with Gasteiger partial charge in [0.15, 0.2) is 0 Å². The van der Waals surface area contributed by atoms with E-state index >= 15 is 0 Å². The molecule has 0 aliphatic carbocycles. The molecule has 0 radical (unpaired) electrons. The molecule has 1 saturated heterocycles. The van der Waals surface area contributed by atoms with Crippen LogP contribution in [-0.4, -0.2) is 67.5 Å². The molecule has 27 heavy (non-hydrogen) atoms. The zero-order valence-corrected chi connectivity index (χ0v) is 16.2. The predicted molar refractivity (Wildman–Crippen MR) is 102 cm³/mol. The van der Waals surface area contributed by atoms with Crippen molar-refractivity contribution >= 4 is 11.8 Å². The Labute approximate surface area is 160 Å². The van der Waals surface area contributed by atoms with E-state index in [9.17, 15) is 14.0 Å². The largest absolute Gasteiger partial charge is 0.370 e. The molecule has 2 rings (SSSR count). The molecule has 1 aliphatic heterocycles. The number of carbonyl (C=O) groups is 2. The van der Waals surface area contributed by atoms with Crippen LogP contribution in [-0.2, 0) is 14.3 Å². The minimum Gasteiger partial charge on any atom is -0.370 e. The van der Waals surface area contributed by atoms with Gasteiger partial charge in [-0.3, -0.25) is 14.5 Å². The molecule has 1 aliphatic rings. The predicted octanol–water partition coefficient (Wildman–Crippen LogP) is 1.96. The van der Waals surface area contributed by atoms with Crippen LogP contribution in [0.4, 0.5) is 4.39 Å². The Morgan fingerprint density at radius 3 is 2.63 bits per heavy atom. The van der Waals surface area contributed by atoms with Gasteiger partial charge in [0, 0.05) is 13.1 Å². The van der Waals surface area contributed by atoms with Crippen LogP contribution in [0, 0.1) is 5.82 Å². The number of ether oxygens (including phenoxy) is 1. The lowest BCUT2D eigenvalue weighted by Gasteiger charge is -2.34. The number of rotatable bonds is 9. The average molecular weight is 379 g/mol. The SMILES string of the molecule is CCCNC(=O)CN(CCC)CC(=O)N1CCOC(c2ccc(F)cc2)C1. The van der Waals surface area contributed by atoms with Crippen molar-refractivity contribution in [2.45, 2.75) is 32.8 Å². The van der Waals surface area contributed by atoms with Crippen molar-refractivity contribution in [3.63, 3.8) is 0 Å². The molecule has 150 valence electrons. The van der Waals surface area contributed by atoms with Crippen LogP contribution < -0.4 is 5.32 Å². The molecule has 2 amide bonds. The molecule has 1 aromatic carbocycles. The standard InChI is InChI=1S/C20H30FN3O3/c1-3-9-22-19(25)14-23(10-4-2)15-20(26)24-11-12-27-18(13-24)16-5-7-17(21)8-6-16/h5-8,18H,3-4,9-15H2,1-2H3,(H,22,25). The third-order valence-corrected chi connectivity index (χ3v) is 4.50. The summed E-state index contributed by atoms with van der Waals surface area (Å²) in [4.78, 5) is 28.4. The smallest absolute Gasteiger partial charge is 0.236 e. The molecular formula is C20H30FN3O3. The number of amides is 2. The first-order valence-corrected chi connectivity index (χ1v) is 9.67. The number of hydrogen-bond acceptors (Lipinski definition) is 4. The van der Waals surface area contributed by atoms with E-state index in [4.69, 9.17) is 4.74 Å². The monoisotopic (exact) mass is 379 g/mol. The highest BCUT2D eigenvalue weighted by molar-refractivity contribution is 5.81. The maximum Gasteiger partial charge on any atom is 0.236 e. The second-order valence-electron chi connectivity index (χ2n) is 6.81. The lowest BCUT2D eigenvalue weighted by Crippen LogP contribution is -2.48. The summed E-state index contributed by atoms with van der Waals surface area (Å²) in [5.41, 5.74) is 0.859. The Bertz CT molecular complexity index is 609. The summed E-state index contributed by atoms with van der Waals surface area (Å²) in [6, 6.07) is 6.18. The van der Waals surface area contributed by atoms with Gasteiger partial charge in [0.05, 0.1) is 26.2 Å². The molecule has 1 N–H and O–H groups in total. The van der Waals surface area contributed by atoms with Gasteiger partial charge in [-0.15, -0.1) is 0 Å². The topological polar surface area (TPSA) is 61.9 Å². The molecule has 1 atom stereocenters. The third kappa shape index (κ3) is 6.92. The van der Waals surface area contributed by atoms with Crippen LogP contribution in [0.25, 0.3) is 0 Å². The van der Waals surface area contributed by atoms with Crippen LogP contribution in [0.3, 0.4) is 0 Å². The minimum atomic E-state index is -0.293. The van der Waals surface area contributed by atoms with Gasteiger partial charge in [-0.1, -0.05) is 26.0 Å². The molecule has 1 unspecified atom stereocenters. The van der Waals surface area contributed by atoms with Crippen LogP contribution in [0.15, 0.2) is 24.3 Å². The number of halogens is 1. The summed E-state index contributed by atoms with van der Waals surface area (Å²) in [7, 11) is 0. The molecule has 1 aromatic rings. The van der Waals surface area contributed by atoms with E-state index in [0.29, 0.717) is 32.8 Å². The highest BCUT2D eigenvalue weighted by atomic mass is 19.1. The summed E-state index contributed by atoms with van der Waals surface area (Å²) in [5, 5.41) is 2.85. The van der Waals surface area contributed by atoms with E-state index in [1.807, 2.05) is 18.7 Å². The van der Waals surface area contributed by atoms with Crippen LogP contribution in [0.5, 0.6) is 0 Å². The summed E-state index contributed by atoms with van der Waals surface area (Å²) in [6.45, 7) is 7.22. The zero-order chi connectivity index (χ0) is 19.6. The van der Waals surface area contributed by atoms with Crippen LogP contribution in [0.2, 0.25) is 0 Å².